The van der Waals surface area contributed by atoms with Crippen LogP contribution in [0.15, 0.2) is 0 Å². The fraction of sp³-hybridized carbons (Fsp3) is 0.909. The summed E-state index contributed by atoms with van der Waals surface area (Å²) in [7, 11) is 0. The smallest absolute Gasteiger partial charge is 0.230 e. The van der Waals surface area contributed by atoms with Crippen molar-refractivity contribution in [2.24, 2.45) is 11.1 Å². The molecule has 1 rings (SSSR count). The third-order valence-electron chi connectivity index (χ3n) is 3.54. The van der Waals surface area contributed by atoms with Gasteiger partial charge >= 0.3 is 0 Å². The van der Waals surface area contributed by atoms with Crippen LogP contribution < -0.4 is 5.73 Å². The molecular weight excluding hydrogens is 176 g/mol. The molecule has 1 aliphatic rings. The molecule has 0 spiro atoms. The molecule has 2 N–H and O–H groups in total. The first-order valence-electron chi connectivity index (χ1n) is 5.48. The molecule has 14 heavy (non-hydrogen) atoms. The maximum Gasteiger partial charge on any atom is 0.230 e. The van der Waals surface area contributed by atoms with Gasteiger partial charge in [-0.2, -0.15) is 0 Å². The largest absolute Gasteiger partial charge is 0.339 e. The van der Waals surface area contributed by atoms with E-state index in [1.165, 1.54) is 0 Å². The molecule has 0 aliphatic carbocycles. The lowest BCUT2D eigenvalue weighted by atomic mass is 9.78. The molecule has 1 fully saturated rings. The van der Waals surface area contributed by atoms with Crippen molar-refractivity contribution in [1.82, 2.24) is 4.90 Å². The van der Waals surface area contributed by atoms with Gasteiger partial charge in [-0.05, 0) is 33.6 Å². The number of nitrogens with two attached hydrogens (primary N) is 1. The van der Waals surface area contributed by atoms with E-state index in [0.717, 1.165) is 19.4 Å². The number of carbonyl (C=O) groups is 1. The fourth-order valence-corrected chi connectivity index (χ4v) is 1.91. The molecule has 0 aromatic carbocycles. The molecule has 2 unspecified atom stereocenters. The Bertz CT molecular complexity index is 225. The van der Waals surface area contributed by atoms with Crippen molar-refractivity contribution in [3.63, 3.8) is 0 Å². The molecule has 0 aromatic rings. The van der Waals surface area contributed by atoms with Gasteiger partial charge in [0.1, 0.15) is 0 Å². The lowest BCUT2D eigenvalue weighted by Gasteiger charge is -2.44. The van der Waals surface area contributed by atoms with Crippen LogP contribution >= 0.6 is 0 Å². The van der Waals surface area contributed by atoms with E-state index in [0.29, 0.717) is 6.04 Å². The number of likely N-dealkylation sites (tertiary alicyclic amines) is 1. The van der Waals surface area contributed by atoms with Gasteiger partial charge in [0.2, 0.25) is 5.91 Å². The van der Waals surface area contributed by atoms with Gasteiger partial charge in [0.05, 0.1) is 5.41 Å². The molecule has 0 bridgehead atoms. The summed E-state index contributed by atoms with van der Waals surface area (Å²) in [6.45, 7) is 8.94. The van der Waals surface area contributed by atoms with Crippen LogP contribution in [0.3, 0.4) is 0 Å². The normalized spacial score (nSPS) is 29.1. The monoisotopic (exact) mass is 198 g/mol. The van der Waals surface area contributed by atoms with E-state index in [-0.39, 0.29) is 17.4 Å². The zero-order valence-corrected chi connectivity index (χ0v) is 9.71. The number of hydrogen-bond acceptors (Lipinski definition) is 2. The summed E-state index contributed by atoms with van der Waals surface area (Å²) in [6.07, 6.45) is 1.93. The minimum Gasteiger partial charge on any atom is -0.339 e. The molecule has 0 saturated carbocycles. The van der Waals surface area contributed by atoms with Crippen molar-refractivity contribution in [1.29, 1.82) is 0 Å². The SMILES string of the molecule is CCC(C)N1CCC(N)C(C)(C)C1=O. The zero-order chi connectivity index (χ0) is 10.9. The number of carbonyl (C=O) groups excluding carboxylic acids is 1. The van der Waals surface area contributed by atoms with Gasteiger partial charge in [0.25, 0.3) is 0 Å². The molecule has 0 radical (unpaired) electrons. The maximum absolute atomic E-state index is 12.1. The quantitative estimate of drug-likeness (QED) is 0.728. The lowest BCUT2D eigenvalue weighted by molar-refractivity contribution is -0.147. The van der Waals surface area contributed by atoms with Crippen molar-refractivity contribution in [2.45, 2.75) is 52.6 Å². The highest BCUT2D eigenvalue weighted by Crippen LogP contribution is 2.30. The summed E-state index contributed by atoms with van der Waals surface area (Å²) in [5.74, 6) is 0.214. The Balaban J connectivity index is 2.80. The van der Waals surface area contributed by atoms with Crippen LogP contribution in [0.2, 0.25) is 0 Å². The molecule has 0 aromatic heterocycles. The summed E-state index contributed by atoms with van der Waals surface area (Å²) in [5.41, 5.74) is 5.57. The minimum atomic E-state index is -0.387. The Morgan fingerprint density at radius 3 is 2.71 bits per heavy atom. The van der Waals surface area contributed by atoms with Gasteiger partial charge in [0, 0.05) is 18.6 Å². The summed E-state index contributed by atoms with van der Waals surface area (Å²) >= 11 is 0. The first kappa shape index (κ1) is 11.5. The van der Waals surface area contributed by atoms with Crippen LogP contribution in [0, 0.1) is 5.41 Å². The Labute approximate surface area is 86.6 Å². The Hall–Kier alpha value is -0.570. The average Bonchev–Trinajstić information content (AvgIpc) is 2.14. The third-order valence-corrected chi connectivity index (χ3v) is 3.54. The lowest BCUT2D eigenvalue weighted by Crippen LogP contribution is -2.58. The second kappa shape index (κ2) is 3.89. The van der Waals surface area contributed by atoms with E-state index in [9.17, 15) is 4.79 Å². The molecule has 2 atom stereocenters. The topological polar surface area (TPSA) is 46.3 Å². The van der Waals surface area contributed by atoms with Crippen molar-refractivity contribution in [2.75, 3.05) is 6.54 Å². The van der Waals surface area contributed by atoms with Crippen LogP contribution in [0.4, 0.5) is 0 Å². The van der Waals surface area contributed by atoms with Crippen molar-refractivity contribution < 1.29 is 4.79 Å². The average molecular weight is 198 g/mol. The minimum absolute atomic E-state index is 0.00954. The van der Waals surface area contributed by atoms with Crippen LogP contribution in [0.5, 0.6) is 0 Å². The highest BCUT2D eigenvalue weighted by Gasteiger charge is 2.42. The van der Waals surface area contributed by atoms with Crippen LogP contribution in [-0.2, 0) is 4.79 Å². The van der Waals surface area contributed by atoms with Crippen molar-refractivity contribution in [3.8, 4) is 0 Å². The zero-order valence-electron chi connectivity index (χ0n) is 9.71. The van der Waals surface area contributed by atoms with Gasteiger partial charge in [0.15, 0.2) is 0 Å². The van der Waals surface area contributed by atoms with E-state index >= 15 is 0 Å². The summed E-state index contributed by atoms with van der Waals surface area (Å²) in [5, 5.41) is 0. The highest BCUT2D eigenvalue weighted by atomic mass is 16.2. The van der Waals surface area contributed by atoms with E-state index < -0.39 is 0 Å². The number of rotatable bonds is 2. The predicted octanol–water partition coefficient (Wildman–Crippen LogP) is 1.37. The Kier molecular flexibility index (Phi) is 3.20. The number of amides is 1. The van der Waals surface area contributed by atoms with E-state index in [4.69, 9.17) is 5.73 Å². The van der Waals surface area contributed by atoms with Crippen molar-refractivity contribution >= 4 is 5.91 Å². The Morgan fingerprint density at radius 1 is 1.64 bits per heavy atom. The highest BCUT2D eigenvalue weighted by molar-refractivity contribution is 5.83. The van der Waals surface area contributed by atoms with Crippen LogP contribution in [0.1, 0.15) is 40.5 Å². The van der Waals surface area contributed by atoms with E-state index in [1.807, 2.05) is 18.7 Å². The molecule has 1 saturated heterocycles. The second-order valence-corrected chi connectivity index (χ2v) is 4.87. The molecule has 3 nitrogen and oxygen atoms in total. The standard InChI is InChI=1S/C11H22N2O/c1-5-8(2)13-7-6-9(12)11(3,4)10(13)14/h8-9H,5-7,12H2,1-4H3. The van der Waals surface area contributed by atoms with E-state index in [1.54, 1.807) is 0 Å². The third kappa shape index (κ3) is 1.78. The van der Waals surface area contributed by atoms with Gasteiger partial charge in [-0.25, -0.2) is 0 Å². The second-order valence-electron chi connectivity index (χ2n) is 4.87. The fourth-order valence-electron chi connectivity index (χ4n) is 1.91. The van der Waals surface area contributed by atoms with Crippen LogP contribution in [-0.4, -0.2) is 29.4 Å². The summed E-state index contributed by atoms with van der Waals surface area (Å²) in [6, 6.07) is 0.351. The van der Waals surface area contributed by atoms with Gasteiger partial charge in [-0.3, -0.25) is 4.79 Å². The molecule has 82 valence electrons. The van der Waals surface area contributed by atoms with Crippen LogP contribution in [0.25, 0.3) is 0 Å². The number of piperidine rings is 1. The molecule has 3 heteroatoms. The number of hydrogen-bond donors (Lipinski definition) is 1. The van der Waals surface area contributed by atoms with Gasteiger partial charge in [-0.1, -0.05) is 6.92 Å². The molecule has 1 aliphatic heterocycles. The van der Waals surface area contributed by atoms with Crippen molar-refractivity contribution in [3.05, 3.63) is 0 Å². The van der Waals surface area contributed by atoms with Gasteiger partial charge in [-0.15, -0.1) is 0 Å². The van der Waals surface area contributed by atoms with Gasteiger partial charge < -0.3 is 10.6 Å². The maximum atomic E-state index is 12.1. The number of nitrogens with zero attached hydrogens (tertiary/aromatic N) is 1. The predicted molar refractivity (Wildman–Crippen MR) is 57.8 cm³/mol. The van der Waals surface area contributed by atoms with E-state index in [2.05, 4.69) is 13.8 Å². The summed E-state index contributed by atoms with van der Waals surface area (Å²) < 4.78 is 0. The Morgan fingerprint density at radius 2 is 2.21 bits per heavy atom. The first-order valence-corrected chi connectivity index (χ1v) is 5.48. The first-order chi connectivity index (χ1) is 6.41. The summed E-state index contributed by atoms with van der Waals surface area (Å²) in [4.78, 5) is 14.1. The molecular formula is C11H22N2O. The molecule has 1 heterocycles. The molecule has 1 amide bonds.